The molecule has 9 heteroatoms. The van der Waals surface area contributed by atoms with E-state index in [0.717, 1.165) is 0 Å². The molecule has 1 aromatic rings. The summed E-state index contributed by atoms with van der Waals surface area (Å²) in [5.74, 6) is -2.35. The zero-order valence-electron chi connectivity index (χ0n) is 12.6. The lowest BCUT2D eigenvalue weighted by Gasteiger charge is -2.17. The molecule has 0 unspecified atom stereocenters. The summed E-state index contributed by atoms with van der Waals surface area (Å²) >= 11 is 0. The molecule has 1 aromatic carbocycles. The Morgan fingerprint density at radius 1 is 1.08 bits per heavy atom. The van der Waals surface area contributed by atoms with Gasteiger partial charge in [0.1, 0.15) is 18.1 Å². The van der Waals surface area contributed by atoms with E-state index in [2.05, 4.69) is 10.6 Å². The van der Waals surface area contributed by atoms with E-state index in [4.69, 9.17) is 10.2 Å². The number of aliphatic carboxylic acids is 2. The van der Waals surface area contributed by atoms with Gasteiger partial charge < -0.3 is 30.7 Å². The molecule has 0 fully saturated rings. The number of carboxylic acid groups (broad SMARTS) is 2. The van der Waals surface area contributed by atoms with E-state index in [9.17, 15) is 24.3 Å². The van der Waals surface area contributed by atoms with Gasteiger partial charge in [-0.15, -0.1) is 0 Å². The maximum Gasteiger partial charge on any atom is 0.326 e. The highest BCUT2D eigenvalue weighted by molar-refractivity contribution is 5.84. The highest BCUT2D eigenvalue weighted by atomic mass is 16.4. The molecule has 0 saturated heterocycles. The molecule has 9 nitrogen and oxygen atoms in total. The zero-order valence-corrected chi connectivity index (χ0v) is 12.6. The molecule has 2 amide bonds. The fraction of sp³-hybridized carbons (Fsp3) is 0.333. The van der Waals surface area contributed by atoms with E-state index in [0.29, 0.717) is 11.8 Å². The number of phenols is 1. The zero-order chi connectivity index (χ0) is 18.1. The first-order valence-corrected chi connectivity index (χ1v) is 7.06. The third-order valence-electron chi connectivity index (χ3n) is 3.13. The number of aromatic hydroxyl groups is 1. The van der Waals surface area contributed by atoms with Crippen LogP contribution in [0.25, 0.3) is 0 Å². The van der Waals surface area contributed by atoms with Crippen LogP contribution in [0.15, 0.2) is 24.3 Å². The summed E-state index contributed by atoms with van der Waals surface area (Å²) in [6, 6.07) is 2.66. The summed E-state index contributed by atoms with van der Waals surface area (Å²) in [6.45, 7) is 0. The summed E-state index contributed by atoms with van der Waals surface area (Å²) in [6.07, 6.45) is -0.0380. The molecule has 0 aliphatic rings. The molecule has 0 spiro atoms. The van der Waals surface area contributed by atoms with E-state index in [1.807, 2.05) is 0 Å². The maximum absolute atomic E-state index is 11.8. The Kier molecular flexibility index (Phi) is 7.21. The van der Waals surface area contributed by atoms with Gasteiger partial charge in [0.25, 0.3) is 0 Å². The Morgan fingerprint density at radius 2 is 1.71 bits per heavy atom. The number of hydrogen-bond donors (Lipinski definition) is 5. The standard InChI is InChI=1S/C15H18N2O7/c18-8-10(3-6-13(20)21)16-15(24)17-12(14(22)23)7-9-1-4-11(19)5-2-9/h1-2,4-5,8,10,12,19H,3,6-7H2,(H,20,21)(H,22,23)(H2,16,17,24)/t10-,12-/m0/s1. The van der Waals surface area contributed by atoms with Gasteiger partial charge in [0, 0.05) is 12.8 Å². The van der Waals surface area contributed by atoms with Gasteiger partial charge in [0.15, 0.2) is 0 Å². The molecule has 2 atom stereocenters. The number of urea groups is 1. The Morgan fingerprint density at radius 3 is 2.21 bits per heavy atom. The summed E-state index contributed by atoms with van der Waals surface area (Å²) in [5.41, 5.74) is 0.582. The van der Waals surface area contributed by atoms with Gasteiger partial charge in [-0.25, -0.2) is 9.59 Å². The highest BCUT2D eigenvalue weighted by Crippen LogP contribution is 2.11. The fourth-order valence-electron chi connectivity index (χ4n) is 1.89. The molecule has 130 valence electrons. The van der Waals surface area contributed by atoms with Gasteiger partial charge >= 0.3 is 18.0 Å². The second-order valence-electron chi connectivity index (χ2n) is 5.05. The van der Waals surface area contributed by atoms with Crippen molar-refractivity contribution in [1.29, 1.82) is 0 Å². The number of phenolic OH excluding ortho intramolecular Hbond substituents is 1. The molecule has 24 heavy (non-hydrogen) atoms. The van der Waals surface area contributed by atoms with Crippen LogP contribution in [0, 0.1) is 0 Å². The number of carbonyl (C=O) groups excluding carboxylic acids is 2. The summed E-state index contributed by atoms with van der Waals surface area (Å²) in [7, 11) is 0. The van der Waals surface area contributed by atoms with Gasteiger partial charge in [-0.1, -0.05) is 12.1 Å². The van der Waals surface area contributed by atoms with Crippen molar-refractivity contribution in [2.24, 2.45) is 0 Å². The van der Waals surface area contributed by atoms with Crippen LogP contribution in [0.3, 0.4) is 0 Å². The number of carbonyl (C=O) groups is 4. The quantitative estimate of drug-likeness (QED) is 0.401. The molecular weight excluding hydrogens is 320 g/mol. The average molecular weight is 338 g/mol. The minimum Gasteiger partial charge on any atom is -0.508 e. The number of benzene rings is 1. The predicted molar refractivity (Wildman–Crippen MR) is 81.6 cm³/mol. The lowest BCUT2D eigenvalue weighted by Crippen LogP contribution is -2.50. The Hall–Kier alpha value is -3.10. The van der Waals surface area contributed by atoms with Crippen molar-refractivity contribution in [3.05, 3.63) is 29.8 Å². The maximum atomic E-state index is 11.8. The Bertz CT molecular complexity index is 600. The van der Waals surface area contributed by atoms with Gasteiger partial charge in [-0.05, 0) is 24.1 Å². The van der Waals surface area contributed by atoms with E-state index >= 15 is 0 Å². The molecule has 0 aliphatic heterocycles. The summed E-state index contributed by atoms with van der Waals surface area (Å²) in [5, 5.41) is 31.3. The second kappa shape index (κ2) is 9.13. The third kappa shape index (κ3) is 6.77. The molecule has 1 rings (SSSR count). The first-order chi connectivity index (χ1) is 11.3. The van der Waals surface area contributed by atoms with Crippen LogP contribution in [0.5, 0.6) is 5.75 Å². The average Bonchev–Trinajstić information content (AvgIpc) is 2.52. The number of aldehydes is 1. The van der Waals surface area contributed by atoms with Crippen LogP contribution in [0.4, 0.5) is 4.79 Å². The van der Waals surface area contributed by atoms with Crippen LogP contribution in [0.2, 0.25) is 0 Å². The number of amides is 2. The van der Waals surface area contributed by atoms with Gasteiger partial charge in [-0.3, -0.25) is 4.79 Å². The number of hydrogen-bond acceptors (Lipinski definition) is 5. The predicted octanol–water partition coefficient (Wildman–Crippen LogP) is 0.119. The van der Waals surface area contributed by atoms with Crippen molar-refractivity contribution < 1.29 is 34.5 Å². The van der Waals surface area contributed by atoms with E-state index in [-0.39, 0.29) is 25.0 Å². The van der Waals surface area contributed by atoms with Crippen LogP contribution in [-0.4, -0.2) is 51.7 Å². The lowest BCUT2D eigenvalue weighted by atomic mass is 10.1. The lowest BCUT2D eigenvalue weighted by molar-refractivity contribution is -0.139. The minimum absolute atomic E-state index is 0.0239. The van der Waals surface area contributed by atoms with E-state index < -0.39 is 30.1 Å². The van der Waals surface area contributed by atoms with Crippen molar-refractivity contribution in [2.75, 3.05) is 0 Å². The molecule has 0 aromatic heterocycles. The van der Waals surface area contributed by atoms with Crippen molar-refractivity contribution in [2.45, 2.75) is 31.3 Å². The summed E-state index contributed by atoms with van der Waals surface area (Å²) < 4.78 is 0. The fourth-order valence-corrected chi connectivity index (χ4v) is 1.89. The number of nitrogens with one attached hydrogen (secondary N) is 2. The minimum atomic E-state index is -1.27. The van der Waals surface area contributed by atoms with Crippen molar-refractivity contribution >= 4 is 24.3 Å². The molecule has 0 aliphatic carbocycles. The van der Waals surface area contributed by atoms with Crippen molar-refractivity contribution in [3.8, 4) is 5.75 Å². The summed E-state index contributed by atoms with van der Waals surface area (Å²) in [4.78, 5) is 44.3. The van der Waals surface area contributed by atoms with Crippen LogP contribution in [-0.2, 0) is 20.8 Å². The van der Waals surface area contributed by atoms with Crippen LogP contribution in [0.1, 0.15) is 18.4 Å². The van der Waals surface area contributed by atoms with Gasteiger partial charge in [0.2, 0.25) is 0 Å². The van der Waals surface area contributed by atoms with E-state index in [1.165, 1.54) is 24.3 Å². The van der Waals surface area contributed by atoms with Gasteiger partial charge in [0.05, 0.1) is 6.04 Å². The Labute approximate surface area is 137 Å². The van der Waals surface area contributed by atoms with Crippen molar-refractivity contribution in [3.63, 3.8) is 0 Å². The SMILES string of the molecule is O=C[C@H](CCC(=O)O)NC(=O)N[C@@H](Cc1ccc(O)cc1)C(=O)O. The largest absolute Gasteiger partial charge is 0.508 e. The van der Waals surface area contributed by atoms with Crippen LogP contribution < -0.4 is 10.6 Å². The normalized spacial score (nSPS) is 12.7. The first-order valence-electron chi connectivity index (χ1n) is 7.06. The van der Waals surface area contributed by atoms with Gasteiger partial charge in [-0.2, -0.15) is 0 Å². The van der Waals surface area contributed by atoms with Crippen LogP contribution >= 0.6 is 0 Å². The molecular formula is C15H18N2O7. The monoisotopic (exact) mass is 338 g/mol. The molecule has 0 radical (unpaired) electrons. The second-order valence-corrected chi connectivity index (χ2v) is 5.05. The third-order valence-corrected chi connectivity index (χ3v) is 3.13. The first kappa shape index (κ1) is 18.9. The molecule has 0 heterocycles. The molecule has 5 N–H and O–H groups in total. The molecule has 0 bridgehead atoms. The smallest absolute Gasteiger partial charge is 0.326 e. The number of carboxylic acids is 2. The van der Waals surface area contributed by atoms with E-state index in [1.54, 1.807) is 0 Å². The van der Waals surface area contributed by atoms with Crippen molar-refractivity contribution in [1.82, 2.24) is 10.6 Å². The highest BCUT2D eigenvalue weighted by Gasteiger charge is 2.22. The number of rotatable bonds is 9. The topological polar surface area (TPSA) is 153 Å². The molecule has 0 saturated carbocycles. The Balaban J connectivity index is 2.61.